The van der Waals surface area contributed by atoms with Crippen LogP contribution in [-0.2, 0) is 0 Å². The third-order valence-corrected chi connectivity index (χ3v) is 3.78. The minimum atomic E-state index is -0.222. The van der Waals surface area contributed by atoms with Gasteiger partial charge in [0, 0.05) is 11.1 Å². The summed E-state index contributed by atoms with van der Waals surface area (Å²) in [6.45, 7) is 4.38. The van der Waals surface area contributed by atoms with E-state index in [2.05, 4.69) is 47.4 Å². The van der Waals surface area contributed by atoms with E-state index in [0.717, 1.165) is 6.42 Å². The molecule has 2 aliphatic rings. The van der Waals surface area contributed by atoms with E-state index in [1.807, 2.05) is 0 Å². The van der Waals surface area contributed by atoms with Gasteiger partial charge in [0.15, 0.2) is 0 Å². The normalized spacial score (nSPS) is 34.6. The molecule has 0 aromatic heterocycles. The Kier molecular flexibility index (Phi) is 2.41. The molecule has 3 atom stereocenters. The highest BCUT2D eigenvalue weighted by atomic mass is 31.0. The predicted molar refractivity (Wildman–Crippen MR) is 63.2 cm³/mol. The summed E-state index contributed by atoms with van der Waals surface area (Å²) in [5, 5.41) is 9.72. The number of hydrogen-bond acceptors (Lipinski definition) is 1. The first kappa shape index (κ1) is 10.1. The molecule has 0 aromatic rings. The first-order valence-electron chi connectivity index (χ1n) is 5.05. The van der Waals surface area contributed by atoms with Gasteiger partial charge < -0.3 is 5.11 Å². The molecular formula is C12H17OP. The van der Waals surface area contributed by atoms with Crippen LogP contribution in [0.5, 0.6) is 0 Å². The lowest BCUT2D eigenvalue weighted by molar-refractivity contribution is 0.191. The zero-order valence-electron chi connectivity index (χ0n) is 8.70. The molecule has 0 saturated carbocycles. The van der Waals surface area contributed by atoms with Crippen LogP contribution in [0.1, 0.15) is 20.3 Å². The maximum absolute atomic E-state index is 9.72. The second-order valence-electron chi connectivity index (χ2n) is 4.77. The van der Waals surface area contributed by atoms with Crippen molar-refractivity contribution in [2.45, 2.75) is 32.0 Å². The smallest absolute Gasteiger partial charge is 0.0683 e. The highest BCUT2D eigenvalue weighted by Crippen LogP contribution is 2.37. The Morgan fingerprint density at radius 3 is 2.71 bits per heavy atom. The second kappa shape index (κ2) is 3.32. The minimum Gasteiger partial charge on any atom is -0.392 e. The molecule has 0 aliphatic heterocycles. The van der Waals surface area contributed by atoms with Crippen LogP contribution in [0.4, 0.5) is 0 Å². The number of aliphatic hydroxyl groups is 1. The zero-order valence-corrected chi connectivity index (χ0v) is 9.85. The Bertz CT molecular complexity index is 336. The molecule has 3 unspecified atom stereocenters. The van der Waals surface area contributed by atoms with E-state index in [1.54, 1.807) is 0 Å². The molecule has 0 spiro atoms. The van der Waals surface area contributed by atoms with Crippen LogP contribution in [0.2, 0.25) is 0 Å². The molecule has 0 bridgehead atoms. The van der Waals surface area contributed by atoms with Crippen LogP contribution in [0, 0.1) is 5.41 Å². The van der Waals surface area contributed by atoms with E-state index < -0.39 is 0 Å². The van der Waals surface area contributed by atoms with E-state index in [-0.39, 0.29) is 17.2 Å². The average molecular weight is 208 g/mol. The molecule has 14 heavy (non-hydrogen) atoms. The van der Waals surface area contributed by atoms with Crippen LogP contribution in [0.25, 0.3) is 0 Å². The maximum Gasteiger partial charge on any atom is 0.0683 e. The van der Waals surface area contributed by atoms with E-state index in [4.69, 9.17) is 0 Å². The fourth-order valence-corrected chi connectivity index (χ4v) is 2.41. The number of allylic oxidation sites excluding steroid dienone is 4. The fraction of sp³-hybridized carbons (Fsp3) is 0.500. The van der Waals surface area contributed by atoms with E-state index in [9.17, 15) is 5.11 Å². The van der Waals surface area contributed by atoms with Crippen molar-refractivity contribution in [2.24, 2.45) is 5.41 Å². The first-order chi connectivity index (χ1) is 6.49. The monoisotopic (exact) mass is 208 g/mol. The first-order valence-corrected chi connectivity index (χ1v) is 5.71. The lowest BCUT2D eigenvalue weighted by Crippen LogP contribution is -2.15. The topological polar surface area (TPSA) is 20.2 Å². The van der Waals surface area contributed by atoms with Gasteiger partial charge in [0.1, 0.15) is 0 Å². The Morgan fingerprint density at radius 2 is 2.00 bits per heavy atom. The highest BCUT2D eigenvalue weighted by Gasteiger charge is 2.29. The van der Waals surface area contributed by atoms with E-state index in [0.29, 0.717) is 0 Å². The fourth-order valence-electron chi connectivity index (χ4n) is 1.95. The average Bonchev–Trinajstić information content (AvgIpc) is 2.27. The van der Waals surface area contributed by atoms with Gasteiger partial charge in [-0.2, -0.15) is 0 Å². The summed E-state index contributed by atoms with van der Waals surface area (Å²) in [5.41, 5.74) is 2.92. The van der Waals surface area contributed by atoms with Gasteiger partial charge in [0.25, 0.3) is 0 Å². The molecule has 76 valence electrons. The van der Waals surface area contributed by atoms with Gasteiger partial charge in [0.2, 0.25) is 0 Å². The van der Waals surface area contributed by atoms with Crippen molar-refractivity contribution in [3.63, 3.8) is 0 Å². The Labute approximate surface area is 87.8 Å². The van der Waals surface area contributed by atoms with Crippen LogP contribution >= 0.6 is 9.24 Å². The Hall–Kier alpha value is -0.390. The molecule has 0 fully saturated rings. The number of hydrogen-bond donors (Lipinski definition) is 1. The highest BCUT2D eigenvalue weighted by molar-refractivity contribution is 7.18. The molecule has 1 nitrogen and oxygen atoms in total. The van der Waals surface area contributed by atoms with Crippen LogP contribution in [0.3, 0.4) is 0 Å². The quantitative estimate of drug-likeness (QED) is 0.606. The molecule has 2 rings (SSSR count). The lowest BCUT2D eigenvalue weighted by atomic mass is 9.92. The number of rotatable bonds is 0. The zero-order chi connectivity index (χ0) is 10.3. The van der Waals surface area contributed by atoms with Crippen molar-refractivity contribution in [1.82, 2.24) is 0 Å². The van der Waals surface area contributed by atoms with Gasteiger partial charge in [0.05, 0.1) is 6.10 Å². The molecule has 0 radical (unpaired) electrons. The third kappa shape index (κ3) is 1.71. The van der Waals surface area contributed by atoms with Crippen molar-refractivity contribution < 1.29 is 5.11 Å². The standard InChI is InChI=1S/C12H17OP/c1-12(2)5-3-8-7-10(13)11(14)9(8)4-6-12/h3-6,10-11,13H,7,14H2,1-2H3. The van der Waals surface area contributed by atoms with E-state index >= 15 is 0 Å². The number of aliphatic hydroxyl groups excluding tert-OH is 1. The summed E-state index contributed by atoms with van der Waals surface area (Å²) in [6.07, 6.45) is 9.33. The van der Waals surface area contributed by atoms with Crippen LogP contribution < -0.4 is 0 Å². The van der Waals surface area contributed by atoms with Gasteiger partial charge in [-0.1, -0.05) is 38.2 Å². The van der Waals surface area contributed by atoms with E-state index in [1.165, 1.54) is 11.1 Å². The van der Waals surface area contributed by atoms with Crippen molar-refractivity contribution in [2.75, 3.05) is 0 Å². The van der Waals surface area contributed by atoms with Crippen molar-refractivity contribution in [1.29, 1.82) is 0 Å². The van der Waals surface area contributed by atoms with Gasteiger partial charge in [-0.15, -0.1) is 9.24 Å². The lowest BCUT2D eigenvalue weighted by Gasteiger charge is -2.15. The molecule has 0 aromatic carbocycles. The molecule has 2 aliphatic carbocycles. The minimum absolute atomic E-state index is 0.139. The summed E-state index contributed by atoms with van der Waals surface area (Å²) < 4.78 is 0. The van der Waals surface area contributed by atoms with Crippen LogP contribution in [-0.4, -0.2) is 16.9 Å². The van der Waals surface area contributed by atoms with Crippen molar-refractivity contribution >= 4 is 9.24 Å². The molecular weight excluding hydrogens is 191 g/mol. The third-order valence-electron chi connectivity index (χ3n) is 2.98. The van der Waals surface area contributed by atoms with Crippen LogP contribution in [0.15, 0.2) is 35.5 Å². The summed E-state index contributed by atoms with van der Waals surface area (Å²) >= 11 is 0. The largest absolute Gasteiger partial charge is 0.392 e. The molecule has 2 heteroatoms. The van der Waals surface area contributed by atoms with Gasteiger partial charge in [-0.05, 0) is 17.6 Å². The SMILES string of the molecule is CC1(C)C=CC2=C(C=C1)C(P)C(O)C2. The second-order valence-corrected chi connectivity index (χ2v) is 5.48. The predicted octanol–water partition coefficient (Wildman–Crippen LogP) is 2.44. The summed E-state index contributed by atoms with van der Waals surface area (Å²) in [5.74, 6) is 0. The molecule has 0 amide bonds. The Morgan fingerprint density at radius 1 is 1.36 bits per heavy atom. The summed E-state index contributed by atoms with van der Waals surface area (Å²) in [4.78, 5) is 0. The molecule has 1 N–H and O–H groups in total. The van der Waals surface area contributed by atoms with Gasteiger partial charge in [-0.25, -0.2) is 0 Å². The van der Waals surface area contributed by atoms with Gasteiger partial charge in [-0.3, -0.25) is 0 Å². The maximum atomic E-state index is 9.72. The summed E-state index contributed by atoms with van der Waals surface area (Å²) in [7, 11) is 2.73. The van der Waals surface area contributed by atoms with Gasteiger partial charge >= 0.3 is 0 Å². The summed E-state index contributed by atoms with van der Waals surface area (Å²) in [6, 6.07) is 0. The molecule has 0 saturated heterocycles. The van der Waals surface area contributed by atoms with Crippen molar-refractivity contribution in [3.05, 3.63) is 35.5 Å². The van der Waals surface area contributed by atoms with Crippen molar-refractivity contribution in [3.8, 4) is 0 Å². The Balaban J connectivity index is 2.35. The molecule has 0 heterocycles.